The second-order valence-corrected chi connectivity index (χ2v) is 6.94. The maximum atomic E-state index is 5.61. The van der Waals surface area contributed by atoms with Crippen LogP contribution >= 0.6 is 24.0 Å². The van der Waals surface area contributed by atoms with Gasteiger partial charge >= 0.3 is 0 Å². The molecule has 1 aliphatic heterocycles. The van der Waals surface area contributed by atoms with Gasteiger partial charge in [-0.15, -0.1) is 24.0 Å². The molecule has 1 saturated heterocycles. The molecule has 25 heavy (non-hydrogen) atoms. The molecule has 142 valence electrons. The van der Waals surface area contributed by atoms with Crippen molar-refractivity contribution in [2.24, 2.45) is 10.9 Å². The highest BCUT2D eigenvalue weighted by Crippen LogP contribution is 2.12. The predicted octanol–water partition coefficient (Wildman–Crippen LogP) is 2.85. The van der Waals surface area contributed by atoms with Crippen LogP contribution < -0.4 is 10.6 Å². The lowest BCUT2D eigenvalue weighted by molar-refractivity contribution is -0.0212. The molecule has 1 aliphatic rings. The van der Waals surface area contributed by atoms with Crippen molar-refractivity contribution in [1.29, 1.82) is 0 Å². The molecular formula is C19H33IN4O. The summed E-state index contributed by atoms with van der Waals surface area (Å²) < 4.78 is 5.61. The Bertz CT molecular complexity index is 536. The Balaban J connectivity index is 0.00000312. The number of aliphatic imine (C=N–C) groups is 1. The van der Waals surface area contributed by atoms with E-state index in [-0.39, 0.29) is 24.0 Å². The number of nitrogens with one attached hydrogen (secondary N) is 2. The SMILES string of the molecule is CN=C(NCc1cccc(CN2CCOC(C)C2)c1)NCC(C)C.I. The van der Waals surface area contributed by atoms with Crippen LogP contribution in [-0.2, 0) is 17.8 Å². The van der Waals surface area contributed by atoms with Crippen molar-refractivity contribution in [3.63, 3.8) is 0 Å². The summed E-state index contributed by atoms with van der Waals surface area (Å²) in [6, 6.07) is 8.78. The number of morpholine rings is 1. The number of hydrogen-bond acceptors (Lipinski definition) is 3. The van der Waals surface area contributed by atoms with Crippen molar-refractivity contribution in [2.45, 2.75) is 40.0 Å². The van der Waals surface area contributed by atoms with E-state index >= 15 is 0 Å². The van der Waals surface area contributed by atoms with Crippen LogP contribution in [0.2, 0.25) is 0 Å². The van der Waals surface area contributed by atoms with Gasteiger partial charge in [0.25, 0.3) is 0 Å². The minimum absolute atomic E-state index is 0. The van der Waals surface area contributed by atoms with Gasteiger partial charge in [-0.05, 0) is 24.0 Å². The molecule has 2 N–H and O–H groups in total. The van der Waals surface area contributed by atoms with E-state index in [4.69, 9.17) is 4.74 Å². The molecule has 6 heteroatoms. The third kappa shape index (κ3) is 8.37. The second-order valence-electron chi connectivity index (χ2n) is 6.94. The minimum Gasteiger partial charge on any atom is -0.376 e. The quantitative estimate of drug-likeness (QED) is 0.390. The van der Waals surface area contributed by atoms with Gasteiger partial charge < -0.3 is 15.4 Å². The van der Waals surface area contributed by atoms with E-state index in [0.717, 1.165) is 45.3 Å². The van der Waals surface area contributed by atoms with E-state index in [1.807, 2.05) is 7.05 Å². The molecule has 0 amide bonds. The Morgan fingerprint density at radius 2 is 2.08 bits per heavy atom. The lowest BCUT2D eigenvalue weighted by Crippen LogP contribution is -2.40. The molecule has 0 bridgehead atoms. The maximum absolute atomic E-state index is 5.61. The smallest absolute Gasteiger partial charge is 0.191 e. The number of nitrogens with zero attached hydrogens (tertiary/aromatic N) is 2. The normalized spacial score (nSPS) is 18.8. The average molecular weight is 460 g/mol. The zero-order valence-corrected chi connectivity index (χ0v) is 18.2. The van der Waals surface area contributed by atoms with Crippen LogP contribution in [0.4, 0.5) is 0 Å². The Hall–Kier alpha value is -0.860. The molecule has 5 nitrogen and oxygen atoms in total. The summed E-state index contributed by atoms with van der Waals surface area (Å²) in [6.45, 7) is 12.1. The van der Waals surface area contributed by atoms with Gasteiger partial charge in [0, 0.05) is 39.8 Å². The van der Waals surface area contributed by atoms with Crippen molar-refractivity contribution < 1.29 is 4.74 Å². The molecule has 1 heterocycles. The topological polar surface area (TPSA) is 48.9 Å². The fraction of sp³-hybridized carbons (Fsp3) is 0.632. The summed E-state index contributed by atoms with van der Waals surface area (Å²) in [7, 11) is 1.81. The van der Waals surface area contributed by atoms with E-state index in [2.05, 4.69) is 65.6 Å². The summed E-state index contributed by atoms with van der Waals surface area (Å²) in [5.41, 5.74) is 2.63. The fourth-order valence-electron chi connectivity index (χ4n) is 2.84. The Morgan fingerprint density at radius 1 is 1.32 bits per heavy atom. The van der Waals surface area contributed by atoms with E-state index in [9.17, 15) is 0 Å². The first kappa shape index (κ1) is 22.2. The van der Waals surface area contributed by atoms with Gasteiger partial charge in [-0.25, -0.2) is 0 Å². The number of rotatable bonds is 6. The standard InChI is InChI=1S/C19H32N4O.HI/c1-15(2)11-21-19(20-4)22-12-17-6-5-7-18(10-17)14-23-8-9-24-16(3)13-23;/h5-7,10,15-16H,8-9,11-14H2,1-4H3,(H2,20,21,22);1H. The first-order valence-corrected chi connectivity index (χ1v) is 8.93. The van der Waals surface area contributed by atoms with E-state index in [1.165, 1.54) is 11.1 Å². The third-order valence-corrected chi connectivity index (χ3v) is 4.08. The van der Waals surface area contributed by atoms with Crippen molar-refractivity contribution >= 4 is 29.9 Å². The molecule has 0 aliphatic carbocycles. The maximum Gasteiger partial charge on any atom is 0.191 e. The Kier molecular flexibility index (Phi) is 10.4. The highest BCUT2D eigenvalue weighted by atomic mass is 127. The van der Waals surface area contributed by atoms with Crippen LogP contribution in [-0.4, -0.2) is 50.3 Å². The predicted molar refractivity (Wildman–Crippen MR) is 116 cm³/mol. The molecule has 1 unspecified atom stereocenters. The van der Waals surface area contributed by atoms with Crippen LogP contribution in [0.25, 0.3) is 0 Å². The van der Waals surface area contributed by atoms with Crippen LogP contribution in [0.1, 0.15) is 31.9 Å². The van der Waals surface area contributed by atoms with Crippen molar-refractivity contribution in [1.82, 2.24) is 15.5 Å². The monoisotopic (exact) mass is 460 g/mol. The zero-order chi connectivity index (χ0) is 17.4. The zero-order valence-electron chi connectivity index (χ0n) is 15.9. The fourth-order valence-corrected chi connectivity index (χ4v) is 2.84. The van der Waals surface area contributed by atoms with Gasteiger partial charge in [-0.1, -0.05) is 38.1 Å². The summed E-state index contributed by atoms with van der Waals surface area (Å²) in [4.78, 5) is 6.73. The van der Waals surface area contributed by atoms with Gasteiger partial charge in [-0.3, -0.25) is 9.89 Å². The average Bonchev–Trinajstić information content (AvgIpc) is 2.55. The summed E-state index contributed by atoms with van der Waals surface area (Å²) >= 11 is 0. The first-order chi connectivity index (χ1) is 11.6. The van der Waals surface area contributed by atoms with E-state index in [1.54, 1.807) is 0 Å². The lowest BCUT2D eigenvalue weighted by Gasteiger charge is -2.31. The van der Waals surface area contributed by atoms with Gasteiger partial charge in [0.1, 0.15) is 0 Å². The van der Waals surface area contributed by atoms with E-state index in [0.29, 0.717) is 12.0 Å². The van der Waals surface area contributed by atoms with Gasteiger partial charge in [0.2, 0.25) is 0 Å². The number of hydrogen-bond donors (Lipinski definition) is 2. The van der Waals surface area contributed by atoms with E-state index < -0.39 is 0 Å². The highest BCUT2D eigenvalue weighted by Gasteiger charge is 2.16. The molecule has 0 saturated carbocycles. The van der Waals surface area contributed by atoms with Crippen molar-refractivity contribution in [2.75, 3.05) is 33.3 Å². The summed E-state index contributed by atoms with van der Waals surface area (Å²) in [5, 5.41) is 6.73. The molecule has 2 rings (SSSR count). The molecule has 0 spiro atoms. The minimum atomic E-state index is 0. The van der Waals surface area contributed by atoms with Crippen LogP contribution in [0.15, 0.2) is 29.3 Å². The van der Waals surface area contributed by atoms with Crippen LogP contribution in [0, 0.1) is 5.92 Å². The second kappa shape index (κ2) is 11.7. The summed E-state index contributed by atoms with van der Waals surface area (Å²) in [6.07, 6.45) is 0.332. The lowest BCUT2D eigenvalue weighted by atomic mass is 10.1. The Labute approximate surface area is 169 Å². The molecule has 0 radical (unpaired) electrons. The molecular weight excluding hydrogens is 427 g/mol. The van der Waals surface area contributed by atoms with Crippen molar-refractivity contribution in [3.8, 4) is 0 Å². The number of guanidine groups is 1. The largest absolute Gasteiger partial charge is 0.376 e. The summed E-state index contributed by atoms with van der Waals surface area (Å²) in [5.74, 6) is 1.46. The Morgan fingerprint density at radius 3 is 2.76 bits per heavy atom. The number of halogens is 1. The molecule has 1 atom stereocenters. The van der Waals surface area contributed by atoms with Gasteiger partial charge in [0.05, 0.1) is 12.7 Å². The first-order valence-electron chi connectivity index (χ1n) is 8.93. The molecule has 1 fully saturated rings. The molecule has 1 aromatic rings. The van der Waals surface area contributed by atoms with Gasteiger partial charge in [-0.2, -0.15) is 0 Å². The highest BCUT2D eigenvalue weighted by molar-refractivity contribution is 14.0. The molecule has 1 aromatic carbocycles. The number of benzene rings is 1. The van der Waals surface area contributed by atoms with Gasteiger partial charge in [0.15, 0.2) is 5.96 Å². The van der Waals surface area contributed by atoms with Crippen LogP contribution in [0.5, 0.6) is 0 Å². The van der Waals surface area contributed by atoms with Crippen molar-refractivity contribution in [3.05, 3.63) is 35.4 Å². The van der Waals surface area contributed by atoms with Crippen LogP contribution in [0.3, 0.4) is 0 Å². The number of ether oxygens (including phenoxy) is 1. The molecule has 0 aromatic heterocycles. The third-order valence-electron chi connectivity index (χ3n) is 4.08.